The zero-order chi connectivity index (χ0) is 20.5. The Balaban J connectivity index is 1.81. The second-order valence-corrected chi connectivity index (χ2v) is 6.06. The molecule has 0 saturated carbocycles. The van der Waals surface area contributed by atoms with Crippen LogP contribution in [-0.2, 0) is 14.3 Å². The maximum Gasteiger partial charge on any atom is 0.310 e. The summed E-state index contributed by atoms with van der Waals surface area (Å²) >= 11 is 0. The maximum atomic E-state index is 12.3. The number of esters is 1. The standard InChI is InChI=1S/C21H25NO6/c1-14-7-5-6-8-17(14)27-12-11-20(23)28-15(2)21(24)22-16-9-10-18(25-3)19(13-16)26-4/h5-10,13,15H,11-12H2,1-4H3,(H,22,24). The molecule has 0 saturated heterocycles. The first kappa shape index (κ1) is 21.1. The highest BCUT2D eigenvalue weighted by Gasteiger charge is 2.18. The second kappa shape index (κ2) is 10.2. The lowest BCUT2D eigenvalue weighted by Gasteiger charge is -2.15. The molecule has 7 nitrogen and oxygen atoms in total. The molecule has 1 unspecified atom stereocenters. The van der Waals surface area contributed by atoms with Gasteiger partial charge in [-0.25, -0.2) is 0 Å². The van der Waals surface area contributed by atoms with Gasteiger partial charge in [0, 0.05) is 11.8 Å². The molecule has 0 spiro atoms. The predicted octanol–water partition coefficient (Wildman–Crippen LogP) is 3.35. The van der Waals surface area contributed by atoms with Gasteiger partial charge in [0.25, 0.3) is 5.91 Å². The zero-order valence-corrected chi connectivity index (χ0v) is 16.5. The summed E-state index contributed by atoms with van der Waals surface area (Å²) in [7, 11) is 3.04. The van der Waals surface area contributed by atoms with Crippen molar-refractivity contribution in [1.82, 2.24) is 0 Å². The van der Waals surface area contributed by atoms with E-state index >= 15 is 0 Å². The van der Waals surface area contributed by atoms with Crippen molar-refractivity contribution in [2.24, 2.45) is 0 Å². The fourth-order valence-corrected chi connectivity index (χ4v) is 2.43. The van der Waals surface area contributed by atoms with Crippen LogP contribution in [0.5, 0.6) is 17.2 Å². The Kier molecular flexibility index (Phi) is 7.68. The number of hydrogen-bond donors (Lipinski definition) is 1. The van der Waals surface area contributed by atoms with E-state index in [-0.39, 0.29) is 13.0 Å². The lowest BCUT2D eigenvalue weighted by Crippen LogP contribution is -2.30. The minimum atomic E-state index is -0.945. The van der Waals surface area contributed by atoms with Crippen LogP contribution in [0.15, 0.2) is 42.5 Å². The van der Waals surface area contributed by atoms with Crippen molar-refractivity contribution in [3.63, 3.8) is 0 Å². The van der Waals surface area contributed by atoms with Gasteiger partial charge in [0.05, 0.1) is 27.2 Å². The monoisotopic (exact) mass is 387 g/mol. The van der Waals surface area contributed by atoms with Crippen LogP contribution in [0.3, 0.4) is 0 Å². The molecule has 0 aromatic heterocycles. The summed E-state index contributed by atoms with van der Waals surface area (Å²) in [5.74, 6) is 0.797. The van der Waals surface area contributed by atoms with Gasteiger partial charge in [0.15, 0.2) is 17.6 Å². The van der Waals surface area contributed by atoms with Crippen LogP contribution in [0.2, 0.25) is 0 Å². The Morgan fingerprint density at radius 1 is 1.00 bits per heavy atom. The van der Waals surface area contributed by atoms with Gasteiger partial charge < -0.3 is 24.3 Å². The van der Waals surface area contributed by atoms with Crippen LogP contribution in [0.25, 0.3) is 0 Å². The molecule has 0 aliphatic rings. The van der Waals surface area contributed by atoms with Crippen LogP contribution in [0, 0.1) is 6.92 Å². The molecule has 2 rings (SSSR count). The summed E-state index contributed by atoms with van der Waals surface area (Å²) in [5.41, 5.74) is 1.49. The van der Waals surface area contributed by atoms with Crippen molar-refractivity contribution in [3.05, 3.63) is 48.0 Å². The quantitative estimate of drug-likeness (QED) is 0.665. The molecule has 0 heterocycles. The summed E-state index contributed by atoms with van der Waals surface area (Å²) in [5, 5.41) is 2.68. The van der Waals surface area contributed by atoms with Crippen molar-refractivity contribution in [3.8, 4) is 17.2 Å². The van der Waals surface area contributed by atoms with Gasteiger partial charge in [0.1, 0.15) is 5.75 Å². The summed E-state index contributed by atoms with van der Waals surface area (Å²) < 4.78 is 21.1. The number of amides is 1. The number of anilines is 1. The molecule has 150 valence electrons. The summed E-state index contributed by atoms with van der Waals surface area (Å²) in [6.07, 6.45) is -0.901. The molecular weight excluding hydrogens is 362 g/mol. The maximum absolute atomic E-state index is 12.3. The smallest absolute Gasteiger partial charge is 0.310 e. The predicted molar refractivity (Wildman–Crippen MR) is 105 cm³/mol. The number of rotatable bonds is 9. The first-order valence-corrected chi connectivity index (χ1v) is 8.85. The van der Waals surface area contributed by atoms with Crippen molar-refractivity contribution in [1.29, 1.82) is 0 Å². The number of ether oxygens (including phenoxy) is 4. The summed E-state index contributed by atoms with van der Waals surface area (Å²) in [4.78, 5) is 24.2. The van der Waals surface area contributed by atoms with Crippen LogP contribution in [0.4, 0.5) is 5.69 Å². The molecule has 2 aromatic rings. The number of para-hydroxylation sites is 1. The molecule has 1 amide bonds. The highest BCUT2D eigenvalue weighted by molar-refractivity contribution is 5.95. The van der Waals surface area contributed by atoms with E-state index in [4.69, 9.17) is 18.9 Å². The summed E-state index contributed by atoms with van der Waals surface area (Å²) in [6.45, 7) is 3.61. The van der Waals surface area contributed by atoms with Gasteiger partial charge in [-0.3, -0.25) is 9.59 Å². The molecule has 0 fully saturated rings. The minimum absolute atomic E-state index is 0.0440. The number of nitrogens with one attached hydrogen (secondary N) is 1. The van der Waals surface area contributed by atoms with E-state index in [0.717, 1.165) is 11.3 Å². The Bertz CT molecular complexity index is 820. The fourth-order valence-electron chi connectivity index (χ4n) is 2.43. The number of carbonyl (C=O) groups excluding carboxylic acids is 2. The van der Waals surface area contributed by atoms with E-state index in [0.29, 0.717) is 17.2 Å². The Morgan fingerprint density at radius 2 is 1.71 bits per heavy atom. The number of aryl methyl sites for hydroxylation is 1. The van der Waals surface area contributed by atoms with Crippen LogP contribution in [-0.4, -0.2) is 38.8 Å². The Labute approximate surface area is 164 Å². The first-order chi connectivity index (χ1) is 13.4. The lowest BCUT2D eigenvalue weighted by molar-refractivity contribution is -0.153. The number of hydrogen-bond acceptors (Lipinski definition) is 6. The average molecular weight is 387 g/mol. The number of benzene rings is 2. The van der Waals surface area contributed by atoms with Crippen molar-refractivity contribution in [2.75, 3.05) is 26.1 Å². The van der Waals surface area contributed by atoms with Crippen molar-refractivity contribution >= 4 is 17.6 Å². The molecule has 0 bridgehead atoms. The van der Waals surface area contributed by atoms with Crippen molar-refractivity contribution in [2.45, 2.75) is 26.4 Å². The van der Waals surface area contributed by atoms with Gasteiger partial charge in [-0.05, 0) is 37.6 Å². The van der Waals surface area contributed by atoms with Gasteiger partial charge in [0.2, 0.25) is 0 Å². The largest absolute Gasteiger partial charge is 0.493 e. The van der Waals surface area contributed by atoms with Crippen LogP contribution in [0.1, 0.15) is 18.9 Å². The van der Waals surface area contributed by atoms with Gasteiger partial charge in [-0.2, -0.15) is 0 Å². The normalized spacial score (nSPS) is 11.3. The SMILES string of the molecule is COc1ccc(NC(=O)C(C)OC(=O)CCOc2ccccc2C)cc1OC. The minimum Gasteiger partial charge on any atom is -0.493 e. The average Bonchev–Trinajstić information content (AvgIpc) is 2.69. The van der Waals surface area contributed by atoms with Crippen LogP contribution >= 0.6 is 0 Å². The third kappa shape index (κ3) is 5.90. The highest BCUT2D eigenvalue weighted by atomic mass is 16.6. The molecule has 0 radical (unpaired) electrons. The topological polar surface area (TPSA) is 83.1 Å². The van der Waals surface area contributed by atoms with Gasteiger partial charge >= 0.3 is 5.97 Å². The van der Waals surface area contributed by atoms with E-state index in [1.54, 1.807) is 18.2 Å². The molecule has 0 aliphatic heterocycles. The van der Waals surface area contributed by atoms with E-state index in [2.05, 4.69) is 5.32 Å². The van der Waals surface area contributed by atoms with Gasteiger partial charge in [-0.1, -0.05) is 18.2 Å². The molecule has 2 aromatic carbocycles. The van der Waals surface area contributed by atoms with E-state index in [9.17, 15) is 9.59 Å². The van der Waals surface area contributed by atoms with Gasteiger partial charge in [-0.15, -0.1) is 0 Å². The third-order valence-corrected chi connectivity index (χ3v) is 3.99. The zero-order valence-electron chi connectivity index (χ0n) is 16.5. The third-order valence-electron chi connectivity index (χ3n) is 3.99. The fraction of sp³-hybridized carbons (Fsp3) is 0.333. The van der Waals surface area contributed by atoms with Crippen LogP contribution < -0.4 is 19.5 Å². The molecule has 1 N–H and O–H groups in total. The highest BCUT2D eigenvalue weighted by Crippen LogP contribution is 2.29. The van der Waals surface area contributed by atoms with E-state index in [1.165, 1.54) is 21.1 Å². The molecule has 0 aliphatic carbocycles. The Morgan fingerprint density at radius 3 is 2.39 bits per heavy atom. The van der Waals surface area contributed by atoms with E-state index in [1.807, 2.05) is 31.2 Å². The number of methoxy groups -OCH3 is 2. The molecule has 28 heavy (non-hydrogen) atoms. The second-order valence-electron chi connectivity index (χ2n) is 6.06. The van der Waals surface area contributed by atoms with Crippen molar-refractivity contribution < 1.29 is 28.5 Å². The number of carbonyl (C=O) groups is 2. The summed E-state index contributed by atoms with van der Waals surface area (Å²) in [6, 6.07) is 12.5. The molecular formula is C21H25NO6. The molecule has 1 atom stereocenters. The molecule has 7 heteroatoms. The Hall–Kier alpha value is -3.22. The first-order valence-electron chi connectivity index (χ1n) is 8.85. The van der Waals surface area contributed by atoms with E-state index < -0.39 is 18.0 Å². The lowest BCUT2D eigenvalue weighted by atomic mass is 10.2.